The van der Waals surface area contributed by atoms with Crippen molar-refractivity contribution in [3.05, 3.63) is 28.2 Å². The van der Waals surface area contributed by atoms with E-state index in [1.807, 2.05) is 0 Å². The van der Waals surface area contributed by atoms with Gasteiger partial charge in [0.2, 0.25) is 0 Å². The average Bonchev–Trinajstić information content (AvgIpc) is 2.15. The Morgan fingerprint density at radius 3 is 2.67 bits per heavy atom. The van der Waals surface area contributed by atoms with E-state index in [2.05, 4.69) is 20.7 Å². The maximum atomic E-state index is 11.9. The monoisotopic (exact) mass is 298 g/mol. The lowest BCUT2D eigenvalue weighted by Crippen LogP contribution is -2.02. The molecule has 5 heteroatoms. The summed E-state index contributed by atoms with van der Waals surface area (Å²) in [5.74, 6) is 0.744. The number of hydrogen-bond acceptors (Lipinski definition) is 1. The van der Waals surface area contributed by atoms with Crippen LogP contribution in [0.5, 0.6) is 5.75 Å². The van der Waals surface area contributed by atoms with E-state index in [1.54, 1.807) is 6.07 Å². The highest BCUT2D eigenvalue weighted by molar-refractivity contribution is 9.10. The van der Waals surface area contributed by atoms with Crippen LogP contribution >= 0.6 is 27.5 Å². The highest BCUT2D eigenvalue weighted by Crippen LogP contribution is 2.25. The Labute approximate surface area is 101 Å². The third-order valence-corrected chi connectivity index (χ3v) is 2.83. The molecule has 0 radical (unpaired) electrons. The standard InChI is InChI=1S/C10H10BrClF2O/c11-9-6-8(15-10(13)14)4-3-7(9)2-1-5-12/h3-4,6,10H,1-2,5H2. The van der Waals surface area contributed by atoms with Crippen molar-refractivity contribution in [1.82, 2.24) is 0 Å². The van der Waals surface area contributed by atoms with Crippen LogP contribution in [0.15, 0.2) is 22.7 Å². The van der Waals surface area contributed by atoms with E-state index in [0.717, 1.165) is 22.9 Å². The fourth-order valence-corrected chi connectivity index (χ4v) is 1.85. The van der Waals surface area contributed by atoms with Crippen LogP contribution in [0.2, 0.25) is 0 Å². The summed E-state index contributed by atoms with van der Waals surface area (Å²) in [6, 6.07) is 4.82. The summed E-state index contributed by atoms with van der Waals surface area (Å²) in [6.07, 6.45) is 1.67. The molecule has 15 heavy (non-hydrogen) atoms. The average molecular weight is 300 g/mol. The second kappa shape index (κ2) is 6.28. The summed E-state index contributed by atoms with van der Waals surface area (Å²) in [4.78, 5) is 0. The molecule has 0 aliphatic carbocycles. The highest BCUT2D eigenvalue weighted by Gasteiger charge is 2.06. The van der Waals surface area contributed by atoms with Crippen molar-refractivity contribution < 1.29 is 13.5 Å². The first-order valence-electron chi connectivity index (χ1n) is 4.42. The molecule has 0 aliphatic rings. The second-order valence-corrected chi connectivity index (χ2v) is 4.16. The zero-order chi connectivity index (χ0) is 11.3. The fraction of sp³-hybridized carbons (Fsp3) is 0.400. The number of ether oxygens (including phenoxy) is 1. The lowest BCUT2D eigenvalue weighted by molar-refractivity contribution is -0.0498. The smallest absolute Gasteiger partial charge is 0.387 e. The SMILES string of the molecule is FC(F)Oc1ccc(CCCCl)c(Br)c1. The van der Waals surface area contributed by atoms with E-state index in [4.69, 9.17) is 11.6 Å². The molecule has 0 N–H and O–H groups in total. The van der Waals surface area contributed by atoms with Crippen molar-refractivity contribution in [2.75, 3.05) is 5.88 Å². The Morgan fingerprint density at radius 1 is 1.40 bits per heavy atom. The first-order valence-corrected chi connectivity index (χ1v) is 5.75. The van der Waals surface area contributed by atoms with Crippen LogP contribution in [0.25, 0.3) is 0 Å². The van der Waals surface area contributed by atoms with Gasteiger partial charge in [0.05, 0.1) is 0 Å². The van der Waals surface area contributed by atoms with Gasteiger partial charge in [0.15, 0.2) is 0 Å². The summed E-state index contributed by atoms with van der Waals surface area (Å²) >= 11 is 8.86. The van der Waals surface area contributed by atoms with Crippen molar-refractivity contribution in [2.45, 2.75) is 19.5 Å². The first kappa shape index (κ1) is 12.7. The van der Waals surface area contributed by atoms with Crippen LogP contribution in [-0.2, 0) is 6.42 Å². The van der Waals surface area contributed by atoms with Crippen LogP contribution in [0.1, 0.15) is 12.0 Å². The van der Waals surface area contributed by atoms with Gasteiger partial charge in [-0.25, -0.2) is 0 Å². The lowest BCUT2D eigenvalue weighted by Gasteiger charge is -2.07. The molecule has 0 amide bonds. The van der Waals surface area contributed by atoms with Crippen LogP contribution in [-0.4, -0.2) is 12.5 Å². The second-order valence-electron chi connectivity index (χ2n) is 2.92. The maximum absolute atomic E-state index is 11.9. The lowest BCUT2D eigenvalue weighted by atomic mass is 10.1. The Morgan fingerprint density at radius 2 is 2.13 bits per heavy atom. The Bertz CT molecular complexity index is 320. The minimum absolute atomic E-state index is 0.159. The molecule has 0 saturated heterocycles. The number of rotatable bonds is 5. The molecule has 0 fully saturated rings. The molecule has 0 unspecified atom stereocenters. The third kappa shape index (κ3) is 4.34. The predicted octanol–water partition coefficient (Wildman–Crippen LogP) is 4.22. The van der Waals surface area contributed by atoms with E-state index < -0.39 is 6.61 Å². The van der Waals surface area contributed by atoms with Crippen molar-refractivity contribution in [1.29, 1.82) is 0 Å². The number of halogens is 4. The Hall–Kier alpha value is -0.350. The fourth-order valence-electron chi connectivity index (χ4n) is 1.16. The van der Waals surface area contributed by atoms with Gasteiger partial charge in [0.25, 0.3) is 0 Å². The molecule has 84 valence electrons. The van der Waals surface area contributed by atoms with E-state index in [0.29, 0.717) is 5.88 Å². The molecule has 0 atom stereocenters. The maximum Gasteiger partial charge on any atom is 0.387 e. The first-order chi connectivity index (χ1) is 7.13. The van der Waals surface area contributed by atoms with Crippen molar-refractivity contribution in [3.63, 3.8) is 0 Å². The number of benzene rings is 1. The molecule has 0 saturated carbocycles. The van der Waals surface area contributed by atoms with Gasteiger partial charge in [-0.2, -0.15) is 8.78 Å². The molecular weight excluding hydrogens is 289 g/mol. The summed E-state index contributed by atoms with van der Waals surface area (Å²) in [5.41, 5.74) is 1.04. The molecule has 0 bridgehead atoms. The van der Waals surface area contributed by atoms with Gasteiger partial charge in [0, 0.05) is 10.4 Å². The molecule has 1 aromatic rings. The zero-order valence-electron chi connectivity index (χ0n) is 7.85. The minimum Gasteiger partial charge on any atom is -0.435 e. The van der Waals surface area contributed by atoms with Gasteiger partial charge in [0.1, 0.15) is 5.75 Å². The van der Waals surface area contributed by atoms with Crippen LogP contribution in [0, 0.1) is 0 Å². The van der Waals surface area contributed by atoms with Gasteiger partial charge in [-0.1, -0.05) is 22.0 Å². The quantitative estimate of drug-likeness (QED) is 0.740. The number of aryl methyl sites for hydroxylation is 1. The Kier molecular flexibility index (Phi) is 5.32. The van der Waals surface area contributed by atoms with E-state index in [1.165, 1.54) is 12.1 Å². The number of alkyl halides is 3. The molecule has 0 aromatic heterocycles. The molecule has 0 spiro atoms. The van der Waals surface area contributed by atoms with E-state index in [-0.39, 0.29) is 5.75 Å². The van der Waals surface area contributed by atoms with Crippen LogP contribution in [0.4, 0.5) is 8.78 Å². The van der Waals surface area contributed by atoms with Gasteiger partial charge >= 0.3 is 6.61 Å². The van der Waals surface area contributed by atoms with Gasteiger partial charge in [-0.15, -0.1) is 11.6 Å². The van der Waals surface area contributed by atoms with E-state index in [9.17, 15) is 8.78 Å². The summed E-state index contributed by atoms with van der Waals surface area (Å²) in [7, 11) is 0. The predicted molar refractivity (Wildman–Crippen MR) is 59.8 cm³/mol. The van der Waals surface area contributed by atoms with Crippen LogP contribution in [0.3, 0.4) is 0 Å². The van der Waals surface area contributed by atoms with Crippen molar-refractivity contribution >= 4 is 27.5 Å². The van der Waals surface area contributed by atoms with Gasteiger partial charge < -0.3 is 4.74 Å². The number of hydrogen-bond donors (Lipinski definition) is 0. The van der Waals surface area contributed by atoms with Crippen LogP contribution < -0.4 is 4.74 Å². The molecule has 0 aliphatic heterocycles. The zero-order valence-corrected chi connectivity index (χ0v) is 10.2. The van der Waals surface area contributed by atoms with Crippen molar-refractivity contribution in [3.8, 4) is 5.75 Å². The van der Waals surface area contributed by atoms with E-state index >= 15 is 0 Å². The van der Waals surface area contributed by atoms with Gasteiger partial charge in [-0.05, 0) is 30.5 Å². The molecular formula is C10H10BrClF2O. The largest absolute Gasteiger partial charge is 0.435 e. The molecule has 1 rings (SSSR count). The van der Waals surface area contributed by atoms with Crippen molar-refractivity contribution in [2.24, 2.45) is 0 Å². The highest BCUT2D eigenvalue weighted by atomic mass is 79.9. The normalized spacial score (nSPS) is 10.7. The third-order valence-electron chi connectivity index (χ3n) is 1.83. The summed E-state index contributed by atoms with van der Waals surface area (Å²) in [5, 5.41) is 0. The molecule has 1 aromatic carbocycles. The Balaban J connectivity index is 2.69. The van der Waals surface area contributed by atoms with Gasteiger partial charge in [-0.3, -0.25) is 0 Å². The minimum atomic E-state index is -2.79. The molecule has 1 nitrogen and oxygen atoms in total. The molecule has 0 heterocycles. The topological polar surface area (TPSA) is 9.23 Å². The summed E-state index contributed by atoms with van der Waals surface area (Å²) < 4.78 is 28.8. The summed E-state index contributed by atoms with van der Waals surface area (Å²) in [6.45, 7) is -2.79.